The Labute approximate surface area is 111 Å². The Morgan fingerprint density at radius 1 is 1.26 bits per heavy atom. The van der Waals surface area contributed by atoms with Gasteiger partial charge in [0.15, 0.2) is 0 Å². The van der Waals surface area contributed by atoms with Gasteiger partial charge < -0.3 is 10.4 Å². The van der Waals surface area contributed by atoms with E-state index in [1.54, 1.807) is 18.3 Å². The summed E-state index contributed by atoms with van der Waals surface area (Å²) in [4.78, 5) is 19.1. The lowest BCUT2D eigenvalue weighted by Crippen LogP contribution is -2.15. The third-order valence-electron chi connectivity index (χ3n) is 2.79. The Balaban J connectivity index is 1.89. The van der Waals surface area contributed by atoms with Crippen LogP contribution < -0.4 is 5.32 Å². The summed E-state index contributed by atoms with van der Waals surface area (Å²) < 4.78 is 0. The molecule has 2 aromatic heterocycles. The summed E-state index contributed by atoms with van der Waals surface area (Å²) in [6.07, 6.45) is 3.13. The number of carboxylic acid groups (broad SMARTS) is 1. The van der Waals surface area contributed by atoms with Crippen LogP contribution in [0.4, 0.5) is 0 Å². The Kier molecular flexibility index (Phi) is 4.20. The van der Waals surface area contributed by atoms with Gasteiger partial charge in [0.1, 0.15) is 0 Å². The first kappa shape index (κ1) is 13.2. The SMILES string of the molecule is Cc1cccnc1CNCc1ccc(C(=O)O)cn1. The van der Waals surface area contributed by atoms with Gasteiger partial charge in [-0.15, -0.1) is 0 Å². The monoisotopic (exact) mass is 257 g/mol. The second-order valence-corrected chi connectivity index (χ2v) is 4.21. The van der Waals surface area contributed by atoms with Gasteiger partial charge in [-0.2, -0.15) is 0 Å². The second kappa shape index (κ2) is 6.06. The molecule has 0 spiro atoms. The lowest BCUT2D eigenvalue weighted by atomic mass is 10.2. The van der Waals surface area contributed by atoms with Gasteiger partial charge >= 0.3 is 5.97 Å². The molecule has 0 radical (unpaired) electrons. The number of aryl methyl sites for hydroxylation is 1. The van der Waals surface area contributed by atoms with E-state index in [0.717, 1.165) is 17.0 Å². The summed E-state index contributed by atoms with van der Waals surface area (Å²) in [6.45, 7) is 3.26. The molecule has 0 aliphatic carbocycles. The molecule has 2 aromatic rings. The predicted molar refractivity (Wildman–Crippen MR) is 70.7 cm³/mol. The number of nitrogens with one attached hydrogen (secondary N) is 1. The zero-order chi connectivity index (χ0) is 13.7. The third-order valence-corrected chi connectivity index (χ3v) is 2.79. The van der Waals surface area contributed by atoms with E-state index in [1.165, 1.54) is 6.20 Å². The standard InChI is InChI=1S/C14H15N3O2/c1-10-3-2-6-16-13(10)9-15-8-12-5-4-11(7-17-12)14(18)19/h2-7,15H,8-9H2,1H3,(H,18,19). The second-order valence-electron chi connectivity index (χ2n) is 4.21. The largest absolute Gasteiger partial charge is 0.478 e. The zero-order valence-corrected chi connectivity index (χ0v) is 10.6. The zero-order valence-electron chi connectivity index (χ0n) is 10.6. The average Bonchev–Trinajstić information content (AvgIpc) is 2.41. The molecule has 0 aliphatic heterocycles. The van der Waals surface area contributed by atoms with Crippen molar-refractivity contribution in [3.63, 3.8) is 0 Å². The maximum Gasteiger partial charge on any atom is 0.337 e. The van der Waals surface area contributed by atoms with Crippen LogP contribution in [-0.2, 0) is 13.1 Å². The molecule has 5 heteroatoms. The van der Waals surface area contributed by atoms with E-state index in [-0.39, 0.29) is 5.56 Å². The fourth-order valence-electron chi connectivity index (χ4n) is 1.67. The Hall–Kier alpha value is -2.27. The smallest absolute Gasteiger partial charge is 0.337 e. The van der Waals surface area contributed by atoms with Crippen molar-refractivity contribution in [1.82, 2.24) is 15.3 Å². The van der Waals surface area contributed by atoms with Crippen LogP contribution in [0.25, 0.3) is 0 Å². The van der Waals surface area contributed by atoms with Gasteiger partial charge in [-0.3, -0.25) is 9.97 Å². The van der Waals surface area contributed by atoms with Crippen molar-refractivity contribution in [2.75, 3.05) is 0 Å². The number of pyridine rings is 2. The van der Waals surface area contributed by atoms with Gasteiger partial charge in [0.25, 0.3) is 0 Å². The van der Waals surface area contributed by atoms with E-state index in [2.05, 4.69) is 15.3 Å². The predicted octanol–water partition coefficient (Wildman–Crippen LogP) is 1.77. The first-order valence-electron chi connectivity index (χ1n) is 5.96. The normalized spacial score (nSPS) is 10.4. The molecule has 0 bridgehead atoms. The van der Waals surface area contributed by atoms with Crippen LogP contribution in [-0.4, -0.2) is 21.0 Å². The summed E-state index contributed by atoms with van der Waals surface area (Å²) in [5, 5.41) is 12.0. The summed E-state index contributed by atoms with van der Waals surface area (Å²) >= 11 is 0. The molecule has 0 atom stereocenters. The molecular formula is C14H15N3O2. The lowest BCUT2D eigenvalue weighted by Gasteiger charge is -2.06. The summed E-state index contributed by atoms with van der Waals surface area (Å²) in [5.41, 5.74) is 3.15. The van der Waals surface area contributed by atoms with Crippen LogP contribution in [0, 0.1) is 6.92 Å². The molecule has 0 aliphatic rings. The van der Waals surface area contributed by atoms with Crippen molar-refractivity contribution in [3.05, 3.63) is 59.2 Å². The minimum Gasteiger partial charge on any atom is -0.478 e. The first-order valence-corrected chi connectivity index (χ1v) is 5.96. The highest BCUT2D eigenvalue weighted by Gasteiger charge is 2.03. The van der Waals surface area contributed by atoms with Crippen molar-refractivity contribution >= 4 is 5.97 Å². The summed E-state index contributed by atoms with van der Waals surface area (Å²) in [5.74, 6) is -0.962. The maximum atomic E-state index is 10.7. The average molecular weight is 257 g/mol. The van der Waals surface area contributed by atoms with Crippen LogP contribution in [0.5, 0.6) is 0 Å². The molecule has 0 aromatic carbocycles. The van der Waals surface area contributed by atoms with Crippen LogP contribution in [0.15, 0.2) is 36.7 Å². The van der Waals surface area contributed by atoms with Gasteiger partial charge in [0.05, 0.1) is 17.0 Å². The fraction of sp³-hybridized carbons (Fsp3) is 0.214. The Bertz CT molecular complexity index is 567. The van der Waals surface area contributed by atoms with Gasteiger partial charge in [-0.25, -0.2) is 4.79 Å². The van der Waals surface area contributed by atoms with Crippen LogP contribution in [0.3, 0.4) is 0 Å². The highest BCUT2D eigenvalue weighted by atomic mass is 16.4. The molecule has 2 rings (SSSR count). The molecule has 98 valence electrons. The number of hydrogen-bond donors (Lipinski definition) is 2. The van der Waals surface area contributed by atoms with E-state index in [9.17, 15) is 4.79 Å². The minimum atomic E-state index is -0.962. The van der Waals surface area contributed by atoms with Crippen LogP contribution >= 0.6 is 0 Å². The summed E-state index contributed by atoms with van der Waals surface area (Å²) in [6, 6.07) is 7.19. The number of carboxylic acids is 1. The molecule has 0 saturated carbocycles. The molecule has 19 heavy (non-hydrogen) atoms. The van der Waals surface area contributed by atoms with E-state index in [1.807, 2.05) is 19.1 Å². The van der Waals surface area contributed by atoms with E-state index >= 15 is 0 Å². The van der Waals surface area contributed by atoms with E-state index in [0.29, 0.717) is 13.1 Å². The molecule has 0 unspecified atom stereocenters. The van der Waals surface area contributed by atoms with Crippen LogP contribution in [0.2, 0.25) is 0 Å². The Morgan fingerprint density at radius 3 is 2.74 bits per heavy atom. The molecule has 0 saturated heterocycles. The highest BCUT2D eigenvalue weighted by Crippen LogP contribution is 2.04. The number of aromatic carboxylic acids is 1. The van der Waals surface area contributed by atoms with Gasteiger partial charge in [-0.05, 0) is 30.7 Å². The van der Waals surface area contributed by atoms with Crippen molar-refractivity contribution < 1.29 is 9.90 Å². The van der Waals surface area contributed by atoms with Crippen molar-refractivity contribution in [2.24, 2.45) is 0 Å². The number of rotatable bonds is 5. The van der Waals surface area contributed by atoms with Crippen molar-refractivity contribution in [2.45, 2.75) is 20.0 Å². The molecule has 2 heterocycles. The van der Waals surface area contributed by atoms with Gasteiger partial charge in [0.2, 0.25) is 0 Å². The number of nitrogens with zero attached hydrogens (tertiary/aromatic N) is 2. The lowest BCUT2D eigenvalue weighted by molar-refractivity contribution is 0.0696. The molecular weight excluding hydrogens is 242 g/mol. The third kappa shape index (κ3) is 3.59. The molecule has 0 fully saturated rings. The van der Waals surface area contributed by atoms with Crippen molar-refractivity contribution in [1.29, 1.82) is 0 Å². The fourth-order valence-corrected chi connectivity index (χ4v) is 1.67. The van der Waals surface area contributed by atoms with E-state index in [4.69, 9.17) is 5.11 Å². The Morgan fingerprint density at radius 2 is 2.11 bits per heavy atom. The maximum absolute atomic E-state index is 10.7. The molecule has 0 amide bonds. The quantitative estimate of drug-likeness (QED) is 0.853. The highest BCUT2D eigenvalue weighted by molar-refractivity contribution is 5.87. The van der Waals surface area contributed by atoms with Gasteiger partial charge in [0, 0.05) is 25.5 Å². The number of carbonyl (C=O) groups is 1. The van der Waals surface area contributed by atoms with Crippen LogP contribution in [0.1, 0.15) is 27.3 Å². The number of aromatic nitrogens is 2. The summed E-state index contributed by atoms with van der Waals surface area (Å²) in [7, 11) is 0. The molecule has 5 nitrogen and oxygen atoms in total. The topological polar surface area (TPSA) is 75.1 Å². The molecule has 2 N–H and O–H groups in total. The van der Waals surface area contributed by atoms with Crippen molar-refractivity contribution in [3.8, 4) is 0 Å². The first-order chi connectivity index (χ1) is 9.16. The van der Waals surface area contributed by atoms with Gasteiger partial charge in [-0.1, -0.05) is 6.07 Å². The van der Waals surface area contributed by atoms with E-state index < -0.39 is 5.97 Å². The number of hydrogen-bond acceptors (Lipinski definition) is 4. The minimum absolute atomic E-state index is 0.198.